The van der Waals surface area contributed by atoms with Crippen LogP contribution in [0, 0.1) is 19.7 Å². The second kappa shape index (κ2) is 8.60. The highest BCUT2D eigenvalue weighted by Crippen LogP contribution is 2.28. The lowest BCUT2D eigenvalue weighted by molar-refractivity contribution is 0.0944. The minimum absolute atomic E-state index is 0.127. The van der Waals surface area contributed by atoms with Gasteiger partial charge in [-0.2, -0.15) is 0 Å². The quantitative estimate of drug-likeness (QED) is 0.509. The van der Waals surface area contributed by atoms with Gasteiger partial charge in [0, 0.05) is 17.0 Å². The summed E-state index contributed by atoms with van der Waals surface area (Å²) in [5.74, 6) is -0.401. The summed E-state index contributed by atoms with van der Waals surface area (Å²) in [5, 5.41) is 4.37. The molecule has 3 aromatic carbocycles. The van der Waals surface area contributed by atoms with Gasteiger partial charge in [0.25, 0.3) is 5.91 Å². The van der Waals surface area contributed by atoms with Crippen molar-refractivity contribution in [1.82, 2.24) is 5.32 Å². The predicted molar refractivity (Wildman–Crippen MR) is 119 cm³/mol. The lowest BCUT2D eigenvalue weighted by atomic mass is 9.92. The van der Waals surface area contributed by atoms with Crippen molar-refractivity contribution in [3.8, 4) is 0 Å². The molecule has 1 amide bonds. The molecular formula is C26H28FNO. The summed E-state index contributed by atoms with van der Waals surface area (Å²) in [5.41, 5.74) is 5.63. The molecule has 29 heavy (non-hydrogen) atoms. The van der Waals surface area contributed by atoms with Crippen LogP contribution in [0.4, 0.5) is 4.39 Å². The first-order valence-electron chi connectivity index (χ1n) is 10.00. The molecule has 0 heterocycles. The van der Waals surface area contributed by atoms with Crippen LogP contribution in [0.2, 0.25) is 0 Å². The van der Waals surface area contributed by atoms with Gasteiger partial charge in [-0.3, -0.25) is 4.79 Å². The number of carbonyl (C=O) groups excluding carboxylic acids is 1. The van der Waals surface area contributed by atoms with Crippen LogP contribution < -0.4 is 5.32 Å². The van der Waals surface area contributed by atoms with Crippen molar-refractivity contribution in [1.29, 1.82) is 0 Å². The fraction of sp³-hybridized carbons (Fsp3) is 0.269. The molecule has 3 rings (SSSR count). The molecule has 3 aromatic rings. The van der Waals surface area contributed by atoms with E-state index in [4.69, 9.17) is 0 Å². The van der Waals surface area contributed by atoms with E-state index in [0.29, 0.717) is 17.4 Å². The monoisotopic (exact) mass is 389 g/mol. The maximum atomic E-state index is 14.6. The Morgan fingerprint density at radius 1 is 1.00 bits per heavy atom. The number of amides is 1. The summed E-state index contributed by atoms with van der Waals surface area (Å²) in [6.45, 7) is 11.7. The highest BCUT2D eigenvalue weighted by molar-refractivity contribution is 6.02. The van der Waals surface area contributed by atoms with Gasteiger partial charge < -0.3 is 5.32 Å². The van der Waals surface area contributed by atoms with Crippen molar-refractivity contribution in [2.75, 3.05) is 0 Å². The number of halogens is 1. The topological polar surface area (TPSA) is 29.1 Å². The molecule has 0 aliphatic rings. The molecule has 1 N–H and O–H groups in total. The molecule has 0 spiro atoms. The molecule has 3 heteroatoms. The second-order valence-electron chi connectivity index (χ2n) is 7.96. The molecule has 1 atom stereocenters. The molecule has 1 unspecified atom stereocenters. The zero-order chi connectivity index (χ0) is 21.1. The number of aryl methyl sites for hydroxylation is 4. The lowest BCUT2D eigenvalue weighted by Crippen LogP contribution is -2.33. The Morgan fingerprint density at radius 3 is 2.34 bits per heavy atom. The summed E-state index contributed by atoms with van der Waals surface area (Å²) < 4.78 is 14.6. The van der Waals surface area contributed by atoms with Gasteiger partial charge in [0.1, 0.15) is 5.82 Å². The maximum absolute atomic E-state index is 14.6. The summed E-state index contributed by atoms with van der Waals surface area (Å²) in [6, 6.07) is 15.2. The maximum Gasteiger partial charge on any atom is 0.252 e. The molecule has 0 fully saturated rings. The molecule has 2 nitrogen and oxygen atoms in total. The van der Waals surface area contributed by atoms with Crippen LogP contribution in [-0.2, 0) is 12.8 Å². The van der Waals surface area contributed by atoms with Crippen molar-refractivity contribution in [3.05, 3.63) is 94.3 Å². The van der Waals surface area contributed by atoms with Crippen molar-refractivity contribution < 1.29 is 9.18 Å². The highest BCUT2D eigenvalue weighted by atomic mass is 19.1. The molecule has 0 radical (unpaired) electrons. The Labute approximate surface area is 172 Å². The minimum Gasteiger partial charge on any atom is -0.346 e. The summed E-state index contributed by atoms with van der Waals surface area (Å²) >= 11 is 0. The largest absolute Gasteiger partial charge is 0.346 e. The third-order valence-electron chi connectivity index (χ3n) is 5.46. The van der Waals surface area contributed by atoms with Crippen LogP contribution in [0.1, 0.15) is 46.5 Å². The average molecular weight is 390 g/mol. The van der Waals surface area contributed by atoms with E-state index in [-0.39, 0.29) is 17.8 Å². The zero-order valence-corrected chi connectivity index (χ0v) is 17.6. The Hall–Kier alpha value is -2.94. The second-order valence-corrected chi connectivity index (χ2v) is 7.96. The number of rotatable bonds is 6. The van der Waals surface area contributed by atoms with Crippen molar-refractivity contribution >= 4 is 16.7 Å². The van der Waals surface area contributed by atoms with E-state index in [2.05, 4.69) is 43.1 Å². The molecule has 0 aromatic heterocycles. The SMILES string of the molecule is C=C(C)C(C)NC(=O)c1ccc2c(F)cc(C)cc2c1CCc1ccc(C)cc1. The van der Waals surface area contributed by atoms with Gasteiger partial charge in [0.2, 0.25) is 0 Å². The van der Waals surface area contributed by atoms with Gasteiger partial charge in [-0.05, 0) is 74.7 Å². The normalized spacial score (nSPS) is 12.0. The van der Waals surface area contributed by atoms with E-state index in [9.17, 15) is 9.18 Å². The molecule has 0 saturated carbocycles. The van der Waals surface area contributed by atoms with Gasteiger partial charge in [0.05, 0.1) is 0 Å². The number of hydrogen-bond acceptors (Lipinski definition) is 1. The Bertz CT molecular complexity index is 1070. The molecular weight excluding hydrogens is 361 g/mol. The van der Waals surface area contributed by atoms with Gasteiger partial charge in [-0.1, -0.05) is 54.1 Å². The third kappa shape index (κ3) is 4.73. The van der Waals surface area contributed by atoms with Crippen LogP contribution in [0.5, 0.6) is 0 Å². The van der Waals surface area contributed by atoms with E-state index in [1.807, 2.05) is 26.8 Å². The fourth-order valence-corrected chi connectivity index (χ4v) is 3.49. The summed E-state index contributed by atoms with van der Waals surface area (Å²) in [4.78, 5) is 13.0. The summed E-state index contributed by atoms with van der Waals surface area (Å²) in [6.07, 6.45) is 1.44. The van der Waals surface area contributed by atoms with Crippen LogP contribution >= 0.6 is 0 Å². The van der Waals surface area contributed by atoms with E-state index in [1.54, 1.807) is 12.1 Å². The lowest BCUT2D eigenvalue weighted by Gasteiger charge is -2.18. The summed E-state index contributed by atoms with van der Waals surface area (Å²) in [7, 11) is 0. The first-order chi connectivity index (χ1) is 13.8. The number of nitrogens with one attached hydrogen (secondary N) is 1. The van der Waals surface area contributed by atoms with Crippen molar-refractivity contribution in [3.63, 3.8) is 0 Å². The van der Waals surface area contributed by atoms with E-state index in [1.165, 1.54) is 17.2 Å². The average Bonchev–Trinajstić information content (AvgIpc) is 2.67. The van der Waals surface area contributed by atoms with E-state index in [0.717, 1.165) is 28.5 Å². The van der Waals surface area contributed by atoms with Crippen molar-refractivity contribution in [2.45, 2.75) is 46.6 Å². The fourth-order valence-electron chi connectivity index (χ4n) is 3.49. The molecule has 0 aliphatic carbocycles. The zero-order valence-electron chi connectivity index (χ0n) is 17.6. The Balaban J connectivity index is 2.05. The number of benzene rings is 3. The van der Waals surface area contributed by atoms with Crippen LogP contribution in [0.3, 0.4) is 0 Å². The van der Waals surface area contributed by atoms with Gasteiger partial charge >= 0.3 is 0 Å². The van der Waals surface area contributed by atoms with Gasteiger partial charge in [-0.15, -0.1) is 0 Å². The van der Waals surface area contributed by atoms with Crippen molar-refractivity contribution in [2.24, 2.45) is 0 Å². The van der Waals surface area contributed by atoms with Crippen LogP contribution in [0.25, 0.3) is 10.8 Å². The van der Waals surface area contributed by atoms with Gasteiger partial charge in [-0.25, -0.2) is 4.39 Å². The highest BCUT2D eigenvalue weighted by Gasteiger charge is 2.18. The Morgan fingerprint density at radius 2 is 1.69 bits per heavy atom. The molecule has 150 valence electrons. The first-order valence-corrected chi connectivity index (χ1v) is 10.00. The first kappa shape index (κ1) is 20.8. The molecule has 0 aliphatic heterocycles. The van der Waals surface area contributed by atoms with Crippen LogP contribution in [-0.4, -0.2) is 11.9 Å². The third-order valence-corrected chi connectivity index (χ3v) is 5.46. The smallest absolute Gasteiger partial charge is 0.252 e. The van der Waals surface area contributed by atoms with E-state index >= 15 is 0 Å². The predicted octanol–water partition coefficient (Wildman–Crippen LogP) is 6.08. The standard InChI is InChI=1S/C26H28FNO/c1-16(2)19(5)28-26(29)23-13-12-22-24(14-18(4)15-25(22)27)21(23)11-10-20-8-6-17(3)7-9-20/h6-9,12-15,19H,1,10-11H2,2-5H3,(H,28,29). The number of carbonyl (C=O) groups is 1. The molecule has 0 bridgehead atoms. The number of fused-ring (bicyclic) bond motifs is 1. The Kier molecular flexibility index (Phi) is 6.17. The molecule has 0 saturated heterocycles. The van der Waals surface area contributed by atoms with E-state index < -0.39 is 0 Å². The van der Waals surface area contributed by atoms with Crippen LogP contribution in [0.15, 0.2) is 60.7 Å². The number of hydrogen-bond donors (Lipinski definition) is 1. The minimum atomic E-state index is -0.251. The van der Waals surface area contributed by atoms with Gasteiger partial charge in [0.15, 0.2) is 0 Å².